The molecule has 7 nitrogen and oxygen atoms in total. The van der Waals surface area contributed by atoms with Crippen molar-refractivity contribution in [2.45, 2.75) is 32.0 Å². The average molecular weight is 458 g/mol. The Morgan fingerprint density at radius 1 is 1.03 bits per heavy atom. The Hall–Kier alpha value is -3.29. The maximum absolute atomic E-state index is 13.7. The lowest BCUT2D eigenvalue weighted by Gasteiger charge is -2.41. The molecule has 2 aliphatic rings. The Bertz CT molecular complexity index is 1120. The molecule has 1 aromatic carbocycles. The van der Waals surface area contributed by atoms with E-state index in [0.717, 1.165) is 48.8 Å². The van der Waals surface area contributed by atoms with E-state index in [1.807, 2.05) is 25.1 Å². The zero-order valence-electron chi connectivity index (χ0n) is 19.6. The van der Waals surface area contributed by atoms with Gasteiger partial charge in [0.05, 0.1) is 18.9 Å². The Morgan fingerprint density at radius 3 is 2.56 bits per heavy atom. The van der Waals surface area contributed by atoms with E-state index in [9.17, 15) is 4.79 Å². The molecule has 0 bridgehead atoms. The van der Waals surface area contributed by atoms with Gasteiger partial charge in [0, 0.05) is 51.7 Å². The third-order valence-corrected chi connectivity index (χ3v) is 6.71. The Labute approximate surface area is 200 Å². The van der Waals surface area contributed by atoms with Crippen molar-refractivity contribution in [3.63, 3.8) is 0 Å². The van der Waals surface area contributed by atoms with Gasteiger partial charge in [0.25, 0.3) is 0 Å². The minimum absolute atomic E-state index is 0.00467. The third kappa shape index (κ3) is 4.81. The van der Waals surface area contributed by atoms with Gasteiger partial charge in [0.2, 0.25) is 5.91 Å². The van der Waals surface area contributed by atoms with Crippen molar-refractivity contribution < 1.29 is 9.53 Å². The number of anilines is 1. The molecule has 0 saturated carbocycles. The molecule has 1 fully saturated rings. The summed E-state index contributed by atoms with van der Waals surface area (Å²) >= 11 is 0. The topological polar surface area (TPSA) is 70.6 Å². The third-order valence-electron chi connectivity index (χ3n) is 6.71. The van der Waals surface area contributed by atoms with Gasteiger partial charge in [-0.15, -0.1) is 0 Å². The zero-order chi connectivity index (χ0) is 23.4. The van der Waals surface area contributed by atoms with Gasteiger partial charge in [0.15, 0.2) is 0 Å². The molecule has 5 rings (SSSR count). The summed E-state index contributed by atoms with van der Waals surface area (Å²) in [5.74, 6) is 0.918. The van der Waals surface area contributed by atoms with Crippen molar-refractivity contribution in [2.75, 3.05) is 37.7 Å². The number of fused-ring (bicyclic) bond motifs is 1. The summed E-state index contributed by atoms with van der Waals surface area (Å²) in [6, 6.07) is 18.5. The second kappa shape index (κ2) is 9.91. The largest absolute Gasteiger partial charge is 0.378 e. The SMILES string of the molecule is CC1(C(=O)NCc2ccncc2)CN(Cc2ccccc2)Cc2ccc(N3CCOCC3)nc21. The molecule has 176 valence electrons. The standard InChI is InChI=1S/C27H31N5O2/c1-27(26(33)29-17-21-9-11-28-12-10-21)20-31(18-22-5-3-2-4-6-22)19-23-7-8-24(30-25(23)27)32-13-15-34-16-14-32/h2-12H,13-20H2,1H3,(H,29,33). The number of nitrogens with zero attached hydrogens (tertiary/aromatic N) is 4. The molecule has 0 radical (unpaired) electrons. The number of benzene rings is 1. The fraction of sp³-hybridized carbons (Fsp3) is 0.370. The molecule has 4 heterocycles. The van der Waals surface area contributed by atoms with Crippen molar-refractivity contribution in [1.82, 2.24) is 20.2 Å². The number of carbonyl (C=O) groups is 1. The van der Waals surface area contributed by atoms with E-state index in [2.05, 4.69) is 56.5 Å². The lowest BCUT2D eigenvalue weighted by Crippen LogP contribution is -2.53. The number of hydrogen-bond acceptors (Lipinski definition) is 6. The van der Waals surface area contributed by atoms with E-state index in [1.54, 1.807) is 12.4 Å². The molecule has 0 spiro atoms. The highest BCUT2D eigenvalue weighted by molar-refractivity contribution is 5.88. The van der Waals surface area contributed by atoms with Crippen LogP contribution in [0.5, 0.6) is 0 Å². The summed E-state index contributed by atoms with van der Waals surface area (Å²) in [5, 5.41) is 3.17. The van der Waals surface area contributed by atoms with Crippen molar-refractivity contribution in [2.24, 2.45) is 0 Å². The van der Waals surface area contributed by atoms with Crippen LogP contribution in [0.2, 0.25) is 0 Å². The van der Waals surface area contributed by atoms with Gasteiger partial charge >= 0.3 is 0 Å². The number of hydrogen-bond donors (Lipinski definition) is 1. The van der Waals surface area contributed by atoms with Crippen molar-refractivity contribution >= 4 is 11.7 Å². The summed E-state index contributed by atoms with van der Waals surface area (Å²) in [5.41, 5.74) is 3.49. The van der Waals surface area contributed by atoms with Crippen LogP contribution in [0.3, 0.4) is 0 Å². The van der Waals surface area contributed by atoms with Crippen LogP contribution in [0.25, 0.3) is 0 Å². The highest BCUT2D eigenvalue weighted by atomic mass is 16.5. The first-order chi connectivity index (χ1) is 16.6. The molecular formula is C27H31N5O2. The monoisotopic (exact) mass is 457 g/mol. The van der Waals surface area contributed by atoms with Crippen LogP contribution in [0, 0.1) is 0 Å². The lowest BCUT2D eigenvalue weighted by molar-refractivity contribution is -0.128. The number of carbonyl (C=O) groups excluding carboxylic acids is 1. The summed E-state index contributed by atoms with van der Waals surface area (Å²) in [7, 11) is 0. The molecule has 2 aliphatic heterocycles. The molecule has 1 unspecified atom stereocenters. The van der Waals surface area contributed by atoms with E-state index in [1.165, 1.54) is 5.56 Å². The van der Waals surface area contributed by atoms with Gasteiger partial charge in [-0.25, -0.2) is 4.98 Å². The van der Waals surface area contributed by atoms with Gasteiger partial charge in [-0.3, -0.25) is 14.7 Å². The average Bonchev–Trinajstić information content (AvgIpc) is 2.89. The first-order valence-electron chi connectivity index (χ1n) is 11.9. The Balaban J connectivity index is 1.44. The number of rotatable bonds is 6. The number of ether oxygens (including phenoxy) is 1. The van der Waals surface area contributed by atoms with Crippen LogP contribution in [0.4, 0.5) is 5.82 Å². The number of nitrogens with one attached hydrogen (secondary N) is 1. The van der Waals surface area contributed by atoms with Crippen LogP contribution in [-0.4, -0.2) is 53.6 Å². The highest BCUT2D eigenvalue weighted by Crippen LogP contribution is 2.35. The Kier molecular flexibility index (Phi) is 6.56. The minimum Gasteiger partial charge on any atom is -0.378 e. The molecule has 1 saturated heterocycles. The summed E-state index contributed by atoms with van der Waals surface area (Å²) in [6.45, 7) is 7.70. The molecule has 1 N–H and O–H groups in total. The predicted molar refractivity (Wildman–Crippen MR) is 131 cm³/mol. The number of aromatic nitrogens is 2. The predicted octanol–water partition coefficient (Wildman–Crippen LogP) is 2.90. The first-order valence-corrected chi connectivity index (χ1v) is 11.9. The molecule has 1 amide bonds. The lowest BCUT2D eigenvalue weighted by atomic mass is 9.79. The molecular weight excluding hydrogens is 426 g/mol. The zero-order valence-corrected chi connectivity index (χ0v) is 19.6. The number of morpholine rings is 1. The fourth-order valence-corrected chi connectivity index (χ4v) is 4.88. The maximum Gasteiger partial charge on any atom is 0.233 e. The fourth-order valence-electron chi connectivity index (χ4n) is 4.88. The molecule has 0 aliphatic carbocycles. The van der Waals surface area contributed by atoms with E-state index >= 15 is 0 Å². The summed E-state index contributed by atoms with van der Waals surface area (Å²) in [6.07, 6.45) is 3.49. The van der Waals surface area contributed by atoms with Crippen LogP contribution in [0.15, 0.2) is 67.0 Å². The molecule has 2 aromatic heterocycles. The van der Waals surface area contributed by atoms with Gasteiger partial charge in [0.1, 0.15) is 11.2 Å². The second-order valence-electron chi connectivity index (χ2n) is 9.28. The van der Waals surface area contributed by atoms with Crippen LogP contribution >= 0.6 is 0 Å². The summed E-state index contributed by atoms with van der Waals surface area (Å²) in [4.78, 5) is 27.5. The number of pyridine rings is 2. The van der Waals surface area contributed by atoms with Gasteiger partial charge in [-0.1, -0.05) is 36.4 Å². The molecule has 34 heavy (non-hydrogen) atoms. The van der Waals surface area contributed by atoms with Gasteiger partial charge in [-0.05, 0) is 41.8 Å². The van der Waals surface area contributed by atoms with Crippen LogP contribution in [0.1, 0.15) is 29.3 Å². The van der Waals surface area contributed by atoms with Crippen molar-refractivity contribution in [3.8, 4) is 0 Å². The number of amides is 1. The van der Waals surface area contributed by atoms with Gasteiger partial charge < -0.3 is 15.0 Å². The highest BCUT2D eigenvalue weighted by Gasteiger charge is 2.43. The van der Waals surface area contributed by atoms with Crippen LogP contribution < -0.4 is 10.2 Å². The first kappa shape index (κ1) is 22.5. The molecule has 7 heteroatoms. The maximum atomic E-state index is 13.7. The quantitative estimate of drug-likeness (QED) is 0.614. The van der Waals surface area contributed by atoms with Gasteiger partial charge in [-0.2, -0.15) is 0 Å². The molecule has 1 atom stereocenters. The van der Waals surface area contributed by atoms with Crippen molar-refractivity contribution in [1.29, 1.82) is 0 Å². The minimum atomic E-state index is -0.766. The van der Waals surface area contributed by atoms with E-state index < -0.39 is 5.41 Å². The van der Waals surface area contributed by atoms with E-state index in [4.69, 9.17) is 9.72 Å². The smallest absolute Gasteiger partial charge is 0.233 e. The summed E-state index contributed by atoms with van der Waals surface area (Å²) < 4.78 is 5.51. The molecule has 3 aromatic rings. The van der Waals surface area contributed by atoms with Crippen molar-refractivity contribution in [3.05, 3.63) is 89.4 Å². The van der Waals surface area contributed by atoms with E-state index in [-0.39, 0.29) is 5.91 Å². The van der Waals surface area contributed by atoms with Crippen LogP contribution in [-0.2, 0) is 34.6 Å². The Morgan fingerprint density at radius 2 is 1.79 bits per heavy atom. The normalized spacial score (nSPS) is 20.6. The second-order valence-corrected chi connectivity index (χ2v) is 9.28. The van der Waals surface area contributed by atoms with E-state index in [0.29, 0.717) is 26.3 Å².